The van der Waals surface area contributed by atoms with Crippen LogP contribution in [-0.4, -0.2) is 21.8 Å². The number of nitrogens with one attached hydrogen (secondary N) is 1. The molecule has 0 radical (unpaired) electrons. The van der Waals surface area contributed by atoms with E-state index in [1.54, 1.807) is 29.7 Å². The first kappa shape index (κ1) is 17.5. The van der Waals surface area contributed by atoms with E-state index in [4.69, 9.17) is 16.0 Å². The number of fused-ring (bicyclic) bond motifs is 2. The summed E-state index contributed by atoms with van der Waals surface area (Å²) in [7, 11) is 0. The van der Waals surface area contributed by atoms with E-state index in [0.717, 1.165) is 24.0 Å². The van der Waals surface area contributed by atoms with Crippen LogP contribution in [0.5, 0.6) is 0 Å². The summed E-state index contributed by atoms with van der Waals surface area (Å²) in [6.45, 7) is -0.000519. The van der Waals surface area contributed by atoms with Crippen LogP contribution < -0.4 is 5.32 Å². The van der Waals surface area contributed by atoms with E-state index in [0.29, 0.717) is 23.1 Å². The zero-order valence-electron chi connectivity index (χ0n) is 14.8. The minimum Gasteiger partial charge on any atom is -0.439 e. The monoisotopic (exact) mass is 413 g/mol. The molecule has 142 valence electrons. The van der Waals surface area contributed by atoms with Gasteiger partial charge in [0.05, 0.1) is 6.20 Å². The summed E-state index contributed by atoms with van der Waals surface area (Å²) in [6.07, 6.45) is 4.01. The summed E-state index contributed by atoms with van der Waals surface area (Å²) in [5.41, 5.74) is 0.807. The molecule has 6 nitrogen and oxygen atoms in total. The lowest BCUT2D eigenvalue weighted by atomic mass is 9.80. The van der Waals surface area contributed by atoms with E-state index in [9.17, 15) is 9.59 Å². The first-order valence-electron chi connectivity index (χ1n) is 8.98. The Morgan fingerprint density at radius 1 is 1.25 bits per heavy atom. The zero-order chi connectivity index (χ0) is 19.3. The fourth-order valence-corrected chi connectivity index (χ4v) is 5.08. The Labute approximate surface area is 170 Å². The number of oxazole rings is 1. The maximum atomic E-state index is 13.2. The van der Waals surface area contributed by atoms with Gasteiger partial charge in [-0.1, -0.05) is 11.6 Å². The Morgan fingerprint density at radius 3 is 2.89 bits per heavy atom. The van der Waals surface area contributed by atoms with Crippen molar-refractivity contribution in [1.29, 1.82) is 0 Å². The van der Waals surface area contributed by atoms with E-state index in [2.05, 4.69) is 10.3 Å². The van der Waals surface area contributed by atoms with Gasteiger partial charge in [-0.2, -0.15) is 0 Å². The van der Waals surface area contributed by atoms with Gasteiger partial charge >= 0.3 is 6.03 Å². The van der Waals surface area contributed by atoms with Crippen LogP contribution in [0.1, 0.15) is 29.2 Å². The van der Waals surface area contributed by atoms with Gasteiger partial charge in [-0.25, -0.2) is 9.78 Å². The van der Waals surface area contributed by atoms with Crippen LogP contribution in [0.4, 0.5) is 4.79 Å². The van der Waals surface area contributed by atoms with Gasteiger partial charge in [-0.3, -0.25) is 9.69 Å². The third-order valence-corrected chi connectivity index (χ3v) is 6.54. The molecule has 1 saturated heterocycles. The summed E-state index contributed by atoms with van der Waals surface area (Å²) < 4.78 is 5.77. The van der Waals surface area contributed by atoms with Gasteiger partial charge in [0.1, 0.15) is 12.1 Å². The molecule has 3 heterocycles. The number of aryl methyl sites for hydroxylation is 1. The fraction of sp³-hybridized carbons (Fsp3) is 0.250. The van der Waals surface area contributed by atoms with Crippen LogP contribution in [0.25, 0.3) is 11.3 Å². The van der Waals surface area contributed by atoms with Crippen LogP contribution in [0.3, 0.4) is 0 Å². The van der Waals surface area contributed by atoms with Crippen molar-refractivity contribution in [1.82, 2.24) is 15.2 Å². The van der Waals surface area contributed by atoms with E-state index < -0.39 is 11.6 Å². The van der Waals surface area contributed by atoms with Gasteiger partial charge in [0.2, 0.25) is 5.89 Å². The second-order valence-corrected chi connectivity index (χ2v) is 8.40. The van der Waals surface area contributed by atoms with Crippen LogP contribution in [0.2, 0.25) is 5.02 Å². The molecule has 3 aromatic rings. The van der Waals surface area contributed by atoms with Crippen molar-refractivity contribution in [2.45, 2.75) is 31.3 Å². The van der Waals surface area contributed by atoms with Gasteiger partial charge in [0, 0.05) is 21.0 Å². The predicted molar refractivity (Wildman–Crippen MR) is 105 cm³/mol. The number of hydrogen-bond donors (Lipinski definition) is 1. The SMILES string of the molecule is O=C1N[C@]2(CCCc3sccc32)C(=O)N1Cc1ncc(-c2ccc(Cl)cc2)o1. The third kappa shape index (κ3) is 2.65. The predicted octanol–water partition coefficient (Wildman–Crippen LogP) is 4.34. The molecule has 3 amide bonds. The molecule has 2 aliphatic rings. The number of rotatable bonds is 3. The molecule has 1 spiro atoms. The lowest BCUT2D eigenvalue weighted by Crippen LogP contribution is -2.46. The quantitative estimate of drug-likeness (QED) is 0.648. The number of amides is 3. The summed E-state index contributed by atoms with van der Waals surface area (Å²) >= 11 is 7.55. The number of carbonyl (C=O) groups is 2. The zero-order valence-corrected chi connectivity index (χ0v) is 16.3. The summed E-state index contributed by atoms with van der Waals surface area (Å²) in [5.74, 6) is 0.640. The van der Waals surface area contributed by atoms with E-state index in [-0.39, 0.29) is 12.5 Å². The molecule has 2 aromatic heterocycles. The number of aromatic nitrogens is 1. The number of carbonyl (C=O) groups excluding carboxylic acids is 2. The Morgan fingerprint density at radius 2 is 2.07 bits per heavy atom. The molecule has 1 N–H and O–H groups in total. The average molecular weight is 414 g/mol. The smallest absolute Gasteiger partial charge is 0.325 e. The minimum absolute atomic E-state index is 0.000519. The van der Waals surface area contributed by atoms with Crippen molar-refractivity contribution in [3.05, 3.63) is 63.3 Å². The number of imide groups is 1. The topological polar surface area (TPSA) is 75.4 Å². The van der Waals surface area contributed by atoms with Crippen LogP contribution in [0.15, 0.2) is 46.3 Å². The van der Waals surface area contributed by atoms with Crippen molar-refractivity contribution in [2.75, 3.05) is 0 Å². The molecular weight excluding hydrogens is 398 g/mol. The minimum atomic E-state index is -0.948. The van der Waals surface area contributed by atoms with Gasteiger partial charge in [-0.15, -0.1) is 11.3 Å². The van der Waals surface area contributed by atoms with Crippen molar-refractivity contribution >= 4 is 34.9 Å². The van der Waals surface area contributed by atoms with Crippen LogP contribution in [0, 0.1) is 0 Å². The normalized spacial score (nSPS) is 21.2. The highest BCUT2D eigenvalue weighted by Gasteiger charge is 2.54. The molecule has 1 atom stereocenters. The molecule has 0 saturated carbocycles. The Balaban J connectivity index is 1.41. The van der Waals surface area contributed by atoms with E-state index in [1.807, 2.05) is 23.6 Å². The number of urea groups is 1. The van der Waals surface area contributed by atoms with E-state index in [1.165, 1.54) is 9.78 Å². The molecule has 28 heavy (non-hydrogen) atoms. The lowest BCUT2D eigenvalue weighted by molar-refractivity contribution is -0.132. The van der Waals surface area contributed by atoms with Crippen molar-refractivity contribution in [3.8, 4) is 11.3 Å². The molecule has 1 aliphatic carbocycles. The van der Waals surface area contributed by atoms with Crippen LogP contribution in [-0.2, 0) is 23.3 Å². The fourth-order valence-electron chi connectivity index (χ4n) is 3.95. The summed E-state index contributed by atoms with van der Waals surface area (Å²) in [4.78, 5) is 32.5. The first-order chi connectivity index (χ1) is 13.6. The standard InChI is InChI=1S/C20H16ClN3O3S/c21-13-5-3-12(4-6-13)15-10-22-17(27-15)11-24-18(25)20(23-19(24)26)8-1-2-16-14(20)7-9-28-16/h3-7,9-10H,1-2,8,11H2,(H,23,26)/t20-/m0/s1. The first-order valence-corrected chi connectivity index (χ1v) is 10.2. The van der Waals surface area contributed by atoms with E-state index >= 15 is 0 Å². The maximum Gasteiger partial charge on any atom is 0.325 e. The van der Waals surface area contributed by atoms with Crippen molar-refractivity contribution < 1.29 is 14.0 Å². The highest BCUT2D eigenvalue weighted by atomic mass is 35.5. The molecule has 1 aliphatic heterocycles. The number of thiophene rings is 1. The Hall–Kier alpha value is -2.64. The maximum absolute atomic E-state index is 13.2. The van der Waals surface area contributed by atoms with Crippen molar-refractivity contribution in [2.24, 2.45) is 0 Å². The lowest BCUT2D eigenvalue weighted by Gasteiger charge is -2.31. The summed E-state index contributed by atoms with van der Waals surface area (Å²) in [6, 6.07) is 8.73. The number of hydrogen-bond acceptors (Lipinski definition) is 5. The molecule has 5 rings (SSSR count). The number of benzene rings is 1. The third-order valence-electron chi connectivity index (χ3n) is 5.31. The molecule has 1 aromatic carbocycles. The second kappa shape index (κ2) is 6.46. The van der Waals surface area contributed by atoms with Gasteiger partial charge < -0.3 is 9.73 Å². The molecule has 0 bridgehead atoms. The van der Waals surface area contributed by atoms with Crippen molar-refractivity contribution in [3.63, 3.8) is 0 Å². The Kier molecular flexibility index (Phi) is 4.03. The highest BCUT2D eigenvalue weighted by molar-refractivity contribution is 7.10. The molecule has 0 unspecified atom stereocenters. The molecule has 1 fully saturated rings. The van der Waals surface area contributed by atoms with Gasteiger partial charge in [0.15, 0.2) is 5.76 Å². The Bertz CT molecular complexity index is 1070. The highest BCUT2D eigenvalue weighted by Crippen LogP contribution is 2.42. The second-order valence-electron chi connectivity index (χ2n) is 6.96. The van der Waals surface area contributed by atoms with Crippen LogP contribution >= 0.6 is 22.9 Å². The van der Waals surface area contributed by atoms with Gasteiger partial charge in [0.25, 0.3) is 5.91 Å². The summed E-state index contributed by atoms with van der Waals surface area (Å²) in [5, 5.41) is 5.55. The molecular formula is C20H16ClN3O3S. The molecule has 8 heteroatoms. The number of nitrogens with zero attached hydrogens (tertiary/aromatic N) is 2. The largest absolute Gasteiger partial charge is 0.439 e. The van der Waals surface area contributed by atoms with Gasteiger partial charge in [-0.05, 0) is 55.0 Å². The number of halogens is 1. The average Bonchev–Trinajstić information content (AvgIpc) is 3.40.